The molecule has 1 saturated heterocycles. The van der Waals surface area contributed by atoms with Gasteiger partial charge in [0.1, 0.15) is 12.4 Å². The van der Waals surface area contributed by atoms with Crippen molar-refractivity contribution in [2.45, 2.75) is 25.0 Å². The Morgan fingerprint density at radius 1 is 1.19 bits per heavy atom. The molecule has 2 amide bonds. The van der Waals surface area contributed by atoms with Gasteiger partial charge in [0, 0.05) is 29.9 Å². The molecular formula is C29H30N4O4. The zero-order valence-corrected chi connectivity index (χ0v) is 20.7. The molecule has 3 aromatic rings. The summed E-state index contributed by atoms with van der Waals surface area (Å²) in [6.07, 6.45) is 3.68. The van der Waals surface area contributed by atoms with Crippen molar-refractivity contribution < 1.29 is 19.1 Å². The van der Waals surface area contributed by atoms with E-state index in [4.69, 9.17) is 9.47 Å². The molecule has 1 unspecified atom stereocenters. The van der Waals surface area contributed by atoms with Gasteiger partial charge >= 0.3 is 6.09 Å². The van der Waals surface area contributed by atoms with E-state index in [0.29, 0.717) is 18.7 Å². The number of fused-ring (bicyclic) bond motifs is 3. The lowest BCUT2D eigenvalue weighted by atomic mass is 9.79. The zero-order valence-electron chi connectivity index (χ0n) is 20.7. The highest BCUT2D eigenvalue weighted by molar-refractivity contribution is 5.95. The number of likely N-dealkylation sites (tertiary alicyclic amines) is 1. The summed E-state index contributed by atoms with van der Waals surface area (Å²) in [4.78, 5) is 32.1. The van der Waals surface area contributed by atoms with Gasteiger partial charge in [-0.25, -0.2) is 4.79 Å². The normalized spacial score (nSPS) is 19.7. The number of carbonyl (C=O) groups excluding carboxylic acids is 2. The van der Waals surface area contributed by atoms with Crippen LogP contribution < -0.4 is 15.4 Å². The van der Waals surface area contributed by atoms with Crippen molar-refractivity contribution in [3.63, 3.8) is 0 Å². The summed E-state index contributed by atoms with van der Waals surface area (Å²) in [6.45, 7) is 4.70. The van der Waals surface area contributed by atoms with Gasteiger partial charge in [-0.1, -0.05) is 30.9 Å². The molecule has 5 rings (SSSR count). The van der Waals surface area contributed by atoms with Crippen LogP contribution >= 0.6 is 0 Å². The van der Waals surface area contributed by atoms with Gasteiger partial charge in [0.25, 0.3) is 5.91 Å². The summed E-state index contributed by atoms with van der Waals surface area (Å²) >= 11 is 0. The van der Waals surface area contributed by atoms with Crippen LogP contribution in [0.5, 0.6) is 5.75 Å². The molecule has 8 nitrogen and oxygen atoms in total. The second-order valence-electron chi connectivity index (χ2n) is 9.16. The van der Waals surface area contributed by atoms with Crippen molar-refractivity contribution >= 4 is 17.7 Å². The van der Waals surface area contributed by atoms with Crippen LogP contribution in [0.15, 0.2) is 79.5 Å². The van der Waals surface area contributed by atoms with E-state index in [1.54, 1.807) is 30.3 Å². The first-order valence-corrected chi connectivity index (χ1v) is 12.4. The maximum atomic E-state index is 13.0. The van der Waals surface area contributed by atoms with Gasteiger partial charge in [-0.2, -0.15) is 0 Å². The summed E-state index contributed by atoms with van der Waals surface area (Å²) in [6, 6.07) is 19.0. The maximum Gasteiger partial charge on any atom is 0.410 e. The van der Waals surface area contributed by atoms with E-state index >= 15 is 0 Å². The highest BCUT2D eigenvalue weighted by atomic mass is 16.6. The van der Waals surface area contributed by atoms with E-state index in [0.717, 1.165) is 34.7 Å². The Hall–Kier alpha value is -4.33. The Labute approximate surface area is 216 Å². The smallest absolute Gasteiger partial charge is 0.410 e. The van der Waals surface area contributed by atoms with Crippen LogP contribution in [0.4, 0.5) is 10.5 Å². The molecule has 2 aromatic carbocycles. The fourth-order valence-electron chi connectivity index (χ4n) is 5.25. The Bertz CT molecular complexity index is 1280. The van der Waals surface area contributed by atoms with Crippen LogP contribution in [0.2, 0.25) is 0 Å². The van der Waals surface area contributed by atoms with E-state index in [1.165, 1.54) is 0 Å². The third-order valence-electron chi connectivity index (χ3n) is 7.01. The fourth-order valence-corrected chi connectivity index (χ4v) is 5.25. The number of rotatable bonds is 7. The SMILES string of the molecule is C=CCOC(=O)N1CC[C@H]2C(c3ccc(OC)cc3)Nc3ccc(C(=O)NCc4ccccn4)cc3[C@H]21. The number of hydrogen-bond acceptors (Lipinski definition) is 6. The molecule has 0 aliphatic carbocycles. The van der Waals surface area contributed by atoms with E-state index < -0.39 is 0 Å². The fraction of sp³-hybridized carbons (Fsp3) is 0.276. The second-order valence-corrected chi connectivity index (χ2v) is 9.16. The van der Waals surface area contributed by atoms with Gasteiger partial charge in [0.05, 0.1) is 31.4 Å². The summed E-state index contributed by atoms with van der Waals surface area (Å²) in [5.41, 5.74) is 4.23. The number of methoxy groups -OCH3 is 1. The van der Waals surface area contributed by atoms with Crippen LogP contribution in [0.1, 0.15) is 45.7 Å². The number of nitrogens with one attached hydrogen (secondary N) is 2. The molecule has 0 saturated carbocycles. The molecule has 2 aliphatic heterocycles. The molecule has 8 heteroatoms. The first-order chi connectivity index (χ1) is 18.1. The van der Waals surface area contributed by atoms with E-state index in [9.17, 15) is 9.59 Å². The molecule has 2 aliphatic rings. The average molecular weight is 499 g/mol. The van der Waals surface area contributed by atoms with Gasteiger partial charge in [0.15, 0.2) is 0 Å². The number of amides is 2. The predicted octanol–water partition coefficient (Wildman–Crippen LogP) is 4.87. The van der Waals surface area contributed by atoms with Gasteiger partial charge in [-0.15, -0.1) is 0 Å². The lowest BCUT2D eigenvalue weighted by Crippen LogP contribution is -2.38. The third-order valence-corrected chi connectivity index (χ3v) is 7.01. The molecule has 3 atom stereocenters. The molecule has 0 radical (unpaired) electrons. The van der Waals surface area contributed by atoms with Crippen molar-refractivity contribution in [2.24, 2.45) is 5.92 Å². The van der Waals surface area contributed by atoms with E-state index in [-0.39, 0.29) is 36.6 Å². The third kappa shape index (κ3) is 5.00. The molecule has 3 heterocycles. The largest absolute Gasteiger partial charge is 0.497 e. The molecular weight excluding hydrogens is 468 g/mol. The number of ether oxygens (including phenoxy) is 2. The van der Waals surface area contributed by atoms with Gasteiger partial charge in [0.2, 0.25) is 0 Å². The number of anilines is 1. The molecule has 0 bridgehead atoms. The van der Waals surface area contributed by atoms with Crippen molar-refractivity contribution in [1.82, 2.24) is 15.2 Å². The van der Waals surface area contributed by atoms with Gasteiger partial charge in [-0.05, 0) is 60.0 Å². The minimum Gasteiger partial charge on any atom is -0.497 e. The lowest BCUT2D eigenvalue weighted by Gasteiger charge is -2.40. The summed E-state index contributed by atoms with van der Waals surface area (Å²) in [5, 5.41) is 6.61. The minimum absolute atomic E-state index is 0.00978. The summed E-state index contributed by atoms with van der Waals surface area (Å²) in [7, 11) is 1.65. The summed E-state index contributed by atoms with van der Waals surface area (Å²) < 4.78 is 10.8. The minimum atomic E-state index is -0.376. The van der Waals surface area contributed by atoms with E-state index in [1.807, 2.05) is 42.5 Å². The topological polar surface area (TPSA) is 92.8 Å². The zero-order chi connectivity index (χ0) is 25.8. The second kappa shape index (κ2) is 10.7. The van der Waals surface area contributed by atoms with Crippen molar-refractivity contribution in [2.75, 3.05) is 25.6 Å². The molecule has 1 fully saturated rings. The molecule has 37 heavy (non-hydrogen) atoms. The predicted molar refractivity (Wildman–Crippen MR) is 140 cm³/mol. The van der Waals surface area contributed by atoms with Crippen molar-refractivity contribution in [1.29, 1.82) is 0 Å². The Morgan fingerprint density at radius 2 is 2.03 bits per heavy atom. The number of nitrogens with zero attached hydrogens (tertiary/aromatic N) is 2. The number of pyridine rings is 1. The monoisotopic (exact) mass is 498 g/mol. The van der Waals surface area contributed by atoms with Crippen LogP contribution in [0.3, 0.4) is 0 Å². The Morgan fingerprint density at radius 3 is 2.76 bits per heavy atom. The number of hydrogen-bond donors (Lipinski definition) is 2. The standard InChI is InChI=1S/C29H30N4O4/c1-3-16-37-29(35)33-15-13-23-26(19-7-10-22(36-2)11-8-19)32-25-12-9-20(17-24(25)27(23)33)28(34)31-18-21-6-4-5-14-30-21/h3-12,14,17,23,26-27,32H,1,13,15-16,18H2,2H3,(H,31,34)/t23-,26?,27-/m0/s1. The Balaban J connectivity index is 1.45. The van der Waals surface area contributed by atoms with Crippen molar-refractivity contribution in [3.05, 3.63) is 102 Å². The highest BCUT2D eigenvalue weighted by Crippen LogP contribution is 2.51. The molecule has 1 aromatic heterocycles. The Kier molecular flexibility index (Phi) is 7.07. The summed E-state index contributed by atoms with van der Waals surface area (Å²) in [5.74, 6) is 0.698. The van der Waals surface area contributed by atoms with Gasteiger partial charge < -0.3 is 25.0 Å². The van der Waals surface area contributed by atoms with Crippen LogP contribution in [0, 0.1) is 5.92 Å². The van der Waals surface area contributed by atoms with Crippen LogP contribution in [-0.4, -0.2) is 42.1 Å². The average Bonchev–Trinajstić information content (AvgIpc) is 3.40. The van der Waals surface area contributed by atoms with Crippen LogP contribution in [0.25, 0.3) is 0 Å². The first kappa shape index (κ1) is 24.4. The molecule has 0 spiro atoms. The lowest BCUT2D eigenvalue weighted by molar-refractivity contribution is 0.0950. The van der Waals surface area contributed by atoms with E-state index in [2.05, 4.69) is 34.3 Å². The quantitative estimate of drug-likeness (QED) is 0.452. The van der Waals surface area contributed by atoms with Crippen LogP contribution in [-0.2, 0) is 11.3 Å². The molecule has 2 N–H and O–H groups in total. The number of carbonyl (C=O) groups is 2. The maximum absolute atomic E-state index is 13.0. The number of benzene rings is 2. The number of aromatic nitrogens is 1. The molecule has 190 valence electrons. The van der Waals surface area contributed by atoms with Crippen molar-refractivity contribution in [3.8, 4) is 5.75 Å². The first-order valence-electron chi connectivity index (χ1n) is 12.4. The van der Waals surface area contributed by atoms with Gasteiger partial charge in [-0.3, -0.25) is 9.78 Å². The highest BCUT2D eigenvalue weighted by Gasteiger charge is 2.47.